The Bertz CT molecular complexity index is 402. The monoisotopic (exact) mass is 248 g/mol. The maximum atomic E-state index is 11.8. The molecule has 0 atom stereocenters. The Morgan fingerprint density at radius 2 is 2.17 bits per heavy atom. The van der Waals surface area contributed by atoms with Crippen LogP contribution in [0.25, 0.3) is 0 Å². The third-order valence-corrected chi connectivity index (χ3v) is 3.14. The first-order valence-electron chi connectivity index (χ1n) is 6.49. The lowest BCUT2D eigenvalue weighted by molar-refractivity contribution is 0.0947. The molecule has 0 aromatic carbocycles. The highest BCUT2D eigenvalue weighted by Crippen LogP contribution is 2.07. The maximum Gasteiger partial charge on any atom is 0.269 e. The lowest BCUT2D eigenvalue weighted by Gasteiger charge is -2.14. The van der Waals surface area contributed by atoms with Crippen molar-refractivity contribution in [2.75, 3.05) is 31.9 Å². The van der Waals surface area contributed by atoms with Crippen LogP contribution in [-0.4, -0.2) is 42.0 Å². The Hall–Kier alpha value is -1.62. The second-order valence-corrected chi connectivity index (χ2v) is 4.61. The van der Waals surface area contributed by atoms with Crippen molar-refractivity contribution in [1.29, 1.82) is 0 Å². The molecule has 1 aliphatic rings. The van der Waals surface area contributed by atoms with Crippen LogP contribution >= 0.6 is 0 Å². The molecule has 3 N–H and O–H groups in total. The molecule has 1 aliphatic heterocycles. The minimum Gasteiger partial charge on any atom is -0.384 e. The van der Waals surface area contributed by atoms with Crippen LogP contribution in [0.4, 0.5) is 5.82 Å². The summed E-state index contributed by atoms with van der Waals surface area (Å²) < 4.78 is 0. The Labute approximate surface area is 107 Å². The zero-order valence-corrected chi connectivity index (χ0v) is 10.6. The average molecular weight is 248 g/mol. The lowest BCUT2D eigenvalue weighted by Crippen LogP contribution is -2.29. The van der Waals surface area contributed by atoms with Gasteiger partial charge in [0.15, 0.2) is 0 Å². The number of carbonyl (C=O) groups is 1. The second kappa shape index (κ2) is 6.35. The molecule has 1 aromatic heterocycles. The highest BCUT2D eigenvalue weighted by molar-refractivity contribution is 5.92. The van der Waals surface area contributed by atoms with Gasteiger partial charge in [-0.1, -0.05) is 6.07 Å². The number of nitrogens with one attached hydrogen (secondary N) is 1. The fourth-order valence-electron chi connectivity index (χ4n) is 2.18. The van der Waals surface area contributed by atoms with Crippen molar-refractivity contribution >= 4 is 11.7 Å². The van der Waals surface area contributed by atoms with Gasteiger partial charge in [-0.25, -0.2) is 4.98 Å². The predicted octanol–water partition coefficient (Wildman–Crippen LogP) is 0.879. The van der Waals surface area contributed by atoms with Crippen molar-refractivity contribution < 1.29 is 4.79 Å². The van der Waals surface area contributed by atoms with Gasteiger partial charge >= 0.3 is 0 Å². The predicted molar refractivity (Wildman–Crippen MR) is 71.3 cm³/mol. The number of pyridine rings is 1. The number of rotatable bonds is 5. The minimum absolute atomic E-state index is 0.149. The van der Waals surface area contributed by atoms with Crippen LogP contribution in [0.3, 0.4) is 0 Å². The normalized spacial score (nSPS) is 15.8. The molecule has 0 saturated carbocycles. The van der Waals surface area contributed by atoms with Gasteiger partial charge in [0.2, 0.25) is 0 Å². The molecule has 5 nitrogen and oxygen atoms in total. The van der Waals surface area contributed by atoms with Gasteiger partial charge < -0.3 is 16.0 Å². The van der Waals surface area contributed by atoms with E-state index in [9.17, 15) is 4.79 Å². The maximum absolute atomic E-state index is 11.8. The zero-order valence-electron chi connectivity index (χ0n) is 10.6. The molecule has 2 heterocycles. The first-order chi connectivity index (χ1) is 8.75. The van der Waals surface area contributed by atoms with Gasteiger partial charge in [0.25, 0.3) is 5.91 Å². The van der Waals surface area contributed by atoms with E-state index in [1.807, 2.05) is 0 Å². The smallest absolute Gasteiger partial charge is 0.269 e. The summed E-state index contributed by atoms with van der Waals surface area (Å²) in [5, 5.41) is 2.87. The Morgan fingerprint density at radius 1 is 1.39 bits per heavy atom. The number of aromatic nitrogens is 1. The van der Waals surface area contributed by atoms with Crippen LogP contribution in [0.2, 0.25) is 0 Å². The van der Waals surface area contributed by atoms with E-state index in [1.165, 1.54) is 25.9 Å². The van der Waals surface area contributed by atoms with Crippen LogP contribution in [0.5, 0.6) is 0 Å². The van der Waals surface area contributed by atoms with Gasteiger partial charge in [-0.05, 0) is 51.0 Å². The summed E-state index contributed by atoms with van der Waals surface area (Å²) in [6.45, 7) is 4.14. The average Bonchev–Trinajstić information content (AvgIpc) is 2.87. The summed E-state index contributed by atoms with van der Waals surface area (Å²) >= 11 is 0. The zero-order chi connectivity index (χ0) is 12.8. The highest BCUT2D eigenvalue weighted by Gasteiger charge is 2.11. The molecule has 5 heteroatoms. The molecule has 98 valence electrons. The van der Waals surface area contributed by atoms with Crippen molar-refractivity contribution in [3.05, 3.63) is 23.9 Å². The fourth-order valence-corrected chi connectivity index (χ4v) is 2.18. The number of amides is 1. The van der Waals surface area contributed by atoms with Gasteiger partial charge in [0.05, 0.1) is 0 Å². The summed E-state index contributed by atoms with van der Waals surface area (Å²) in [5.74, 6) is 0.225. The van der Waals surface area contributed by atoms with Gasteiger partial charge in [0.1, 0.15) is 11.5 Å². The summed E-state index contributed by atoms with van der Waals surface area (Å²) in [4.78, 5) is 18.2. The van der Waals surface area contributed by atoms with Gasteiger partial charge in [-0.2, -0.15) is 0 Å². The van der Waals surface area contributed by atoms with E-state index in [0.717, 1.165) is 13.0 Å². The fraction of sp³-hybridized carbons (Fsp3) is 0.538. The number of nitrogens with zero attached hydrogens (tertiary/aromatic N) is 2. The Balaban J connectivity index is 1.68. The molecule has 0 aliphatic carbocycles. The Kier molecular flexibility index (Phi) is 4.52. The van der Waals surface area contributed by atoms with Crippen molar-refractivity contribution in [3.8, 4) is 0 Å². The van der Waals surface area contributed by atoms with Crippen LogP contribution in [0.15, 0.2) is 18.2 Å². The summed E-state index contributed by atoms with van der Waals surface area (Å²) in [6.07, 6.45) is 3.59. The van der Waals surface area contributed by atoms with Crippen molar-refractivity contribution in [2.45, 2.75) is 19.3 Å². The number of hydrogen-bond acceptors (Lipinski definition) is 4. The number of anilines is 1. The van der Waals surface area contributed by atoms with Gasteiger partial charge in [-0.15, -0.1) is 0 Å². The molecule has 0 unspecified atom stereocenters. The van der Waals surface area contributed by atoms with Crippen molar-refractivity contribution in [3.63, 3.8) is 0 Å². The quantitative estimate of drug-likeness (QED) is 0.759. The van der Waals surface area contributed by atoms with Gasteiger partial charge in [-0.3, -0.25) is 4.79 Å². The van der Waals surface area contributed by atoms with E-state index >= 15 is 0 Å². The summed E-state index contributed by atoms with van der Waals surface area (Å²) in [5.41, 5.74) is 5.92. The molecule has 1 fully saturated rings. The largest absolute Gasteiger partial charge is 0.384 e. The first kappa shape index (κ1) is 12.8. The lowest BCUT2D eigenvalue weighted by atomic mass is 10.3. The van der Waals surface area contributed by atoms with Crippen molar-refractivity contribution in [2.24, 2.45) is 0 Å². The summed E-state index contributed by atoms with van der Waals surface area (Å²) in [7, 11) is 0. The SMILES string of the molecule is Nc1cccc(C(=O)NCCCN2CCCC2)n1. The van der Waals surface area contributed by atoms with E-state index in [-0.39, 0.29) is 5.91 Å². The number of nitrogen functional groups attached to an aromatic ring is 1. The van der Waals surface area contributed by atoms with Crippen LogP contribution in [0, 0.1) is 0 Å². The topological polar surface area (TPSA) is 71.2 Å². The summed E-state index contributed by atoms with van der Waals surface area (Å²) in [6, 6.07) is 5.08. The molecule has 0 bridgehead atoms. The molecule has 18 heavy (non-hydrogen) atoms. The highest BCUT2D eigenvalue weighted by atomic mass is 16.1. The molecular formula is C13H20N4O. The van der Waals surface area contributed by atoms with E-state index in [2.05, 4.69) is 15.2 Å². The van der Waals surface area contributed by atoms with Gasteiger partial charge in [0, 0.05) is 6.54 Å². The van der Waals surface area contributed by atoms with Crippen LogP contribution in [0.1, 0.15) is 29.8 Å². The number of likely N-dealkylation sites (tertiary alicyclic amines) is 1. The number of hydrogen-bond donors (Lipinski definition) is 2. The van der Waals surface area contributed by atoms with Crippen LogP contribution in [-0.2, 0) is 0 Å². The third kappa shape index (κ3) is 3.70. The molecule has 1 aromatic rings. The van der Waals surface area contributed by atoms with Crippen LogP contribution < -0.4 is 11.1 Å². The third-order valence-electron chi connectivity index (χ3n) is 3.14. The van der Waals surface area contributed by atoms with Crippen molar-refractivity contribution in [1.82, 2.24) is 15.2 Å². The molecule has 0 spiro atoms. The van der Waals surface area contributed by atoms with E-state index in [1.54, 1.807) is 18.2 Å². The number of nitrogens with two attached hydrogens (primary N) is 1. The standard InChI is InChI=1S/C13H20N4O/c14-12-6-3-5-11(16-12)13(18)15-7-4-10-17-8-1-2-9-17/h3,5-6H,1-2,4,7-10H2,(H2,14,16)(H,15,18). The molecular weight excluding hydrogens is 228 g/mol. The second-order valence-electron chi connectivity index (χ2n) is 4.61. The van der Waals surface area contributed by atoms with E-state index < -0.39 is 0 Å². The van der Waals surface area contributed by atoms with E-state index in [0.29, 0.717) is 18.1 Å². The minimum atomic E-state index is -0.149. The number of carbonyl (C=O) groups excluding carboxylic acids is 1. The molecule has 1 amide bonds. The molecule has 2 rings (SSSR count). The molecule has 1 saturated heterocycles. The Morgan fingerprint density at radius 3 is 2.89 bits per heavy atom. The van der Waals surface area contributed by atoms with E-state index in [4.69, 9.17) is 5.73 Å². The first-order valence-corrected chi connectivity index (χ1v) is 6.49. The molecule has 0 radical (unpaired) electrons.